The Morgan fingerprint density at radius 1 is 1.15 bits per heavy atom. The van der Waals surface area contributed by atoms with Gasteiger partial charge in [-0.15, -0.1) is 0 Å². The van der Waals surface area contributed by atoms with Crippen molar-refractivity contribution in [3.63, 3.8) is 0 Å². The molecule has 2 heterocycles. The van der Waals surface area contributed by atoms with Gasteiger partial charge in [-0.05, 0) is 12.1 Å². The first kappa shape index (κ1) is 13.5. The monoisotopic (exact) mass is 299 g/mol. The second-order valence-electron chi connectivity index (χ2n) is 5.11. The van der Waals surface area contributed by atoms with E-state index in [2.05, 4.69) is 5.32 Å². The van der Waals surface area contributed by atoms with Crippen LogP contribution < -0.4 is 14.8 Å². The Kier molecular flexibility index (Phi) is 3.47. The molecule has 3 rings (SSSR count). The number of aliphatic hydroxyl groups excluding tert-OH is 1. The first-order valence-corrected chi connectivity index (χ1v) is 8.40. The van der Waals surface area contributed by atoms with Crippen molar-refractivity contribution in [3.8, 4) is 11.5 Å². The van der Waals surface area contributed by atoms with Gasteiger partial charge in [-0.2, -0.15) is 0 Å². The lowest BCUT2D eigenvalue weighted by Gasteiger charge is -2.17. The topological polar surface area (TPSA) is 84.9 Å². The van der Waals surface area contributed by atoms with Crippen LogP contribution in [0.5, 0.6) is 11.5 Å². The van der Waals surface area contributed by atoms with E-state index in [1.165, 1.54) is 0 Å². The van der Waals surface area contributed by atoms with Crippen LogP contribution in [0.15, 0.2) is 18.2 Å². The largest absolute Gasteiger partial charge is 0.490 e. The van der Waals surface area contributed by atoms with Crippen molar-refractivity contribution in [1.82, 2.24) is 0 Å². The number of anilines is 1. The molecule has 2 N–H and O–H groups in total. The van der Waals surface area contributed by atoms with Crippen LogP contribution >= 0.6 is 0 Å². The van der Waals surface area contributed by atoms with Gasteiger partial charge in [0.15, 0.2) is 21.3 Å². The molecule has 0 radical (unpaired) electrons. The van der Waals surface area contributed by atoms with Gasteiger partial charge in [0.05, 0.1) is 36.9 Å². The summed E-state index contributed by atoms with van der Waals surface area (Å²) >= 11 is 0. The molecule has 2 atom stereocenters. The van der Waals surface area contributed by atoms with E-state index in [0.29, 0.717) is 24.7 Å². The van der Waals surface area contributed by atoms with Crippen LogP contribution in [-0.4, -0.2) is 50.4 Å². The lowest BCUT2D eigenvalue weighted by Crippen LogP contribution is -2.31. The quantitative estimate of drug-likeness (QED) is 0.823. The van der Waals surface area contributed by atoms with Gasteiger partial charge in [-0.1, -0.05) is 0 Å². The highest BCUT2D eigenvalue weighted by Crippen LogP contribution is 2.33. The minimum Gasteiger partial charge on any atom is -0.490 e. The summed E-state index contributed by atoms with van der Waals surface area (Å²) in [7, 11) is -3.16. The van der Waals surface area contributed by atoms with Crippen molar-refractivity contribution in [3.05, 3.63) is 18.2 Å². The maximum absolute atomic E-state index is 11.5. The number of aliphatic hydroxyl groups is 1. The van der Waals surface area contributed by atoms with Crippen LogP contribution in [0.4, 0.5) is 5.69 Å². The Labute approximate surface area is 117 Å². The van der Waals surface area contributed by atoms with E-state index < -0.39 is 22.0 Å². The third-order valence-corrected chi connectivity index (χ3v) is 5.14. The van der Waals surface area contributed by atoms with Gasteiger partial charge in [0.25, 0.3) is 0 Å². The van der Waals surface area contributed by atoms with Crippen LogP contribution in [0.3, 0.4) is 0 Å². The Bertz CT molecular complexity index is 601. The number of benzene rings is 1. The van der Waals surface area contributed by atoms with Gasteiger partial charge < -0.3 is 19.9 Å². The van der Waals surface area contributed by atoms with Gasteiger partial charge in [0.1, 0.15) is 0 Å². The highest BCUT2D eigenvalue weighted by Gasteiger charge is 2.36. The summed E-state index contributed by atoms with van der Waals surface area (Å²) in [5.41, 5.74) is 0.718. The molecule has 6 nitrogen and oxygen atoms in total. The standard InChI is InChI=1S/C13H17NO5S/c15-11-8-20(16,17)7-10(11)14-9-2-3-12-13(6-9)19-5-1-4-18-12/h2-3,6,10-11,14-15H,1,4-5,7-8H2. The molecule has 7 heteroatoms. The predicted molar refractivity (Wildman–Crippen MR) is 74.1 cm³/mol. The Morgan fingerprint density at radius 3 is 2.60 bits per heavy atom. The van der Waals surface area contributed by atoms with E-state index in [1.54, 1.807) is 18.2 Å². The molecule has 2 aliphatic rings. The highest BCUT2D eigenvalue weighted by molar-refractivity contribution is 7.91. The van der Waals surface area contributed by atoms with Crippen molar-refractivity contribution in [2.75, 3.05) is 30.0 Å². The van der Waals surface area contributed by atoms with Crippen molar-refractivity contribution >= 4 is 15.5 Å². The Hall–Kier alpha value is -1.47. The molecule has 0 bridgehead atoms. The predicted octanol–water partition coefficient (Wildman–Crippen LogP) is 0.418. The number of hydrogen-bond acceptors (Lipinski definition) is 6. The average molecular weight is 299 g/mol. The maximum Gasteiger partial charge on any atom is 0.163 e. The minimum absolute atomic E-state index is 0.0530. The van der Waals surface area contributed by atoms with Gasteiger partial charge in [0.2, 0.25) is 0 Å². The van der Waals surface area contributed by atoms with Gasteiger partial charge >= 0.3 is 0 Å². The molecule has 1 saturated heterocycles. The fourth-order valence-electron chi connectivity index (χ4n) is 2.43. The first-order valence-electron chi connectivity index (χ1n) is 6.58. The molecular formula is C13H17NO5S. The zero-order valence-electron chi connectivity index (χ0n) is 10.9. The molecule has 1 fully saturated rings. The van der Waals surface area contributed by atoms with Crippen LogP contribution in [-0.2, 0) is 9.84 Å². The van der Waals surface area contributed by atoms with Gasteiger partial charge in [-0.25, -0.2) is 8.42 Å². The lowest BCUT2D eigenvalue weighted by atomic mass is 10.2. The number of sulfone groups is 1. The number of hydrogen-bond donors (Lipinski definition) is 2. The SMILES string of the molecule is O=S1(=O)CC(O)C(Nc2ccc3c(c2)OCCCO3)C1. The molecular weight excluding hydrogens is 282 g/mol. The molecule has 0 spiro atoms. The summed E-state index contributed by atoms with van der Waals surface area (Å²) < 4.78 is 34.1. The molecule has 0 saturated carbocycles. The van der Waals surface area contributed by atoms with E-state index in [1.807, 2.05) is 0 Å². The van der Waals surface area contributed by atoms with E-state index in [0.717, 1.165) is 12.1 Å². The molecule has 2 unspecified atom stereocenters. The van der Waals surface area contributed by atoms with Crippen LogP contribution in [0.1, 0.15) is 6.42 Å². The normalized spacial score (nSPS) is 27.9. The number of ether oxygens (including phenoxy) is 2. The fourth-order valence-corrected chi connectivity index (χ4v) is 4.18. The minimum atomic E-state index is -3.16. The molecule has 2 aliphatic heterocycles. The second-order valence-corrected chi connectivity index (χ2v) is 7.26. The second kappa shape index (κ2) is 5.14. The zero-order chi connectivity index (χ0) is 14.2. The number of rotatable bonds is 2. The molecule has 0 aliphatic carbocycles. The molecule has 0 amide bonds. The summed E-state index contributed by atoms with van der Waals surface area (Å²) in [6, 6.07) is 4.88. The van der Waals surface area contributed by atoms with Gasteiger partial charge in [0, 0.05) is 18.2 Å². The summed E-state index contributed by atoms with van der Waals surface area (Å²) in [6.45, 7) is 1.22. The van der Waals surface area contributed by atoms with Crippen molar-refractivity contribution < 1.29 is 23.0 Å². The van der Waals surface area contributed by atoms with E-state index in [4.69, 9.17) is 9.47 Å². The summed E-state index contributed by atoms with van der Waals surface area (Å²) in [5, 5.41) is 12.8. The molecule has 110 valence electrons. The molecule has 1 aromatic rings. The average Bonchev–Trinajstić information content (AvgIpc) is 2.55. The van der Waals surface area contributed by atoms with E-state index in [9.17, 15) is 13.5 Å². The maximum atomic E-state index is 11.5. The third kappa shape index (κ3) is 2.83. The van der Waals surface area contributed by atoms with E-state index >= 15 is 0 Å². The molecule has 0 aromatic heterocycles. The highest BCUT2D eigenvalue weighted by atomic mass is 32.2. The Balaban J connectivity index is 1.77. The lowest BCUT2D eigenvalue weighted by molar-refractivity contribution is 0.190. The summed E-state index contributed by atoms with van der Waals surface area (Å²) in [4.78, 5) is 0. The summed E-state index contributed by atoms with van der Waals surface area (Å²) in [5.74, 6) is 1.09. The van der Waals surface area contributed by atoms with Crippen LogP contribution in [0.25, 0.3) is 0 Å². The first-order chi connectivity index (χ1) is 9.53. The van der Waals surface area contributed by atoms with Crippen LogP contribution in [0.2, 0.25) is 0 Å². The van der Waals surface area contributed by atoms with Crippen molar-refractivity contribution in [2.24, 2.45) is 0 Å². The van der Waals surface area contributed by atoms with E-state index in [-0.39, 0.29) is 11.5 Å². The third-order valence-electron chi connectivity index (χ3n) is 3.42. The molecule has 20 heavy (non-hydrogen) atoms. The van der Waals surface area contributed by atoms with Gasteiger partial charge in [-0.3, -0.25) is 0 Å². The zero-order valence-corrected chi connectivity index (χ0v) is 11.7. The molecule has 1 aromatic carbocycles. The smallest absolute Gasteiger partial charge is 0.163 e. The van der Waals surface area contributed by atoms with Crippen molar-refractivity contribution in [2.45, 2.75) is 18.6 Å². The summed E-state index contributed by atoms with van der Waals surface area (Å²) in [6.07, 6.45) is -0.0483. The van der Waals surface area contributed by atoms with Crippen LogP contribution in [0, 0.1) is 0 Å². The fraction of sp³-hybridized carbons (Fsp3) is 0.538. The Morgan fingerprint density at radius 2 is 1.90 bits per heavy atom. The van der Waals surface area contributed by atoms with Crippen molar-refractivity contribution in [1.29, 1.82) is 0 Å². The number of fused-ring (bicyclic) bond motifs is 1. The number of nitrogens with one attached hydrogen (secondary N) is 1.